The van der Waals surface area contributed by atoms with Crippen LogP contribution in [0.1, 0.15) is 55.6 Å². The van der Waals surface area contributed by atoms with Gasteiger partial charge in [0.25, 0.3) is 0 Å². The molecule has 2 atom stereocenters. The molecule has 0 saturated carbocycles. The van der Waals surface area contributed by atoms with E-state index in [0.717, 1.165) is 12.0 Å². The number of piperidine rings is 1. The maximum atomic E-state index is 12.7. The summed E-state index contributed by atoms with van der Waals surface area (Å²) in [6.07, 6.45) is 0.142. The highest BCUT2D eigenvalue weighted by Crippen LogP contribution is 2.34. The van der Waals surface area contributed by atoms with Crippen molar-refractivity contribution in [3.63, 3.8) is 0 Å². The molecule has 1 fully saturated rings. The van der Waals surface area contributed by atoms with Crippen molar-refractivity contribution in [2.75, 3.05) is 13.7 Å². The van der Waals surface area contributed by atoms with Crippen LogP contribution in [0.2, 0.25) is 0 Å². The molecule has 26 heavy (non-hydrogen) atoms. The summed E-state index contributed by atoms with van der Waals surface area (Å²) in [5.74, 6) is -0.723. The van der Waals surface area contributed by atoms with Gasteiger partial charge in [0.15, 0.2) is 0 Å². The van der Waals surface area contributed by atoms with E-state index in [1.165, 1.54) is 12.0 Å². The van der Waals surface area contributed by atoms with Gasteiger partial charge in [-0.25, -0.2) is 9.59 Å². The Hall–Kier alpha value is -2.57. The van der Waals surface area contributed by atoms with Crippen LogP contribution in [-0.2, 0) is 9.53 Å². The van der Waals surface area contributed by atoms with E-state index in [9.17, 15) is 19.5 Å². The van der Waals surface area contributed by atoms with E-state index >= 15 is 0 Å². The molecule has 0 spiro atoms. The number of benzene rings is 1. The average molecular weight is 362 g/mol. The van der Waals surface area contributed by atoms with E-state index in [-0.39, 0.29) is 17.4 Å². The molecule has 1 unspecified atom stereocenters. The summed E-state index contributed by atoms with van der Waals surface area (Å²) in [7, 11) is 1.32. The molecule has 0 bridgehead atoms. The fourth-order valence-electron chi connectivity index (χ4n) is 3.20. The second-order valence-electron chi connectivity index (χ2n) is 7.45. The van der Waals surface area contributed by atoms with Gasteiger partial charge in [-0.05, 0) is 42.9 Å². The number of carbonyl (C=O) groups excluding carboxylic acids is 2. The van der Waals surface area contributed by atoms with Crippen molar-refractivity contribution in [1.29, 1.82) is 0 Å². The molecule has 1 saturated heterocycles. The number of likely N-dealkylation sites (tertiary alicyclic amines) is 1. The number of esters is 1. The Bertz CT molecular complexity index is 684. The normalized spacial score (nSPS) is 20.2. The van der Waals surface area contributed by atoms with Gasteiger partial charge >= 0.3 is 12.1 Å². The highest BCUT2D eigenvalue weighted by atomic mass is 16.5. The Balaban J connectivity index is 2.09. The highest BCUT2D eigenvalue weighted by molar-refractivity contribution is 5.89. The van der Waals surface area contributed by atoms with Crippen LogP contribution in [0.4, 0.5) is 4.79 Å². The zero-order valence-corrected chi connectivity index (χ0v) is 15.6. The van der Waals surface area contributed by atoms with Crippen LogP contribution in [0.3, 0.4) is 0 Å². The van der Waals surface area contributed by atoms with Crippen LogP contribution in [-0.4, -0.2) is 47.7 Å². The number of hydrogen-bond acceptors (Lipinski definition) is 4. The minimum atomic E-state index is -1.07. The monoisotopic (exact) mass is 362 g/mol. The van der Waals surface area contributed by atoms with Crippen molar-refractivity contribution in [2.45, 2.75) is 45.7 Å². The summed E-state index contributed by atoms with van der Waals surface area (Å²) in [6, 6.07) is 5.75. The number of nitrogens with zero attached hydrogens (tertiary/aromatic N) is 1. The number of carboxylic acid groups (broad SMARTS) is 1. The molecule has 1 heterocycles. The van der Waals surface area contributed by atoms with Gasteiger partial charge < -0.3 is 15.2 Å². The minimum Gasteiger partial charge on any atom is -0.465 e. The molecule has 0 radical (unpaired) electrons. The fourth-order valence-corrected chi connectivity index (χ4v) is 3.20. The van der Waals surface area contributed by atoms with Crippen molar-refractivity contribution >= 4 is 18.0 Å². The summed E-state index contributed by atoms with van der Waals surface area (Å²) < 4.78 is 4.66. The number of rotatable bonds is 4. The van der Waals surface area contributed by atoms with Crippen molar-refractivity contribution in [1.82, 2.24) is 10.2 Å². The molecular formula is C19H26N2O5. The predicted octanol–water partition coefficient (Wildman–Crippen LogP) is 2.82. The van der Waals surface area contributed by atoms with Crippen LogP contribution in [0.5, 0.6) is 0 Å². The molecule has 1 aromatic carbocycles. The van der Waals surface area contributed by atoms with E-state index in [4.69, 9.17) is 0 Å². The summed E-state index contributed by atoms with van der Waals surface area (Å²) in [6.45, 7) is 6.26. The quantitative estimate of drug-likeness (QED) is 0.803. The Morgan fingerprint density at radius 3 is 2.42 bits per heavy atom. The molecule has 1 aliphatic heterocycles. The first-order valence-corrected chi connectivity index (χ1v) is 8.63. The number of hydrogen-bond donors (Lipinski definition) is 2. The highest BCUT2D eigenvalue weighted by Gasteiger charge is 2.40. The molecule has 0 aromatic heterocycles. The second kappa shape index (κ2) is 7.76. The van der Waals surface area contributed by atoms with Crippen molar-refractivity contribution in [3.8, 4) is 0 Å². The summed E-state index contributed by atoms with van der Waals surface area (Å²) in [5, 5.41) is 12.3. The van der Waals surface area contributed by atoms with Gasteiger partial charge in [-0.3, -0.25) is 9.69 Å². The maximum absolute atomic E-state index is 12.7. The first-order valence-electron chi connectivity index (χ1n) is 8.63. The third-order valence-electron chi connectivity index (χ3n) is 4.89. The van der Waals surface area contributed by atoms with Gasteiger partial charge in [0.2, 0.25) is 5.91 Å². The number of amides is 2. The van der Waals surface area contributed by atoms with Gasteiger partial charge in [-0.1, -0.05) is 26.0 Å². The smallest absolute Gasteiger partial charge is 0.407 e. The number of carbonyl (C=O) groups is 3. The lowest BCUT2D eigenvalue weighted by molar-refractivity contribution is -0.129. The largest absolute Gasteiger partial charge is 0.465 e. The minimum absolute atomic E-state index is 0.0840. The Labute approximate surface area is 153 Å². The fraction of sp³-hybridized carbons (Fsp3) is 0.526. The summed E-state index contributed by atoms with van der Waals surface area (Å²) in [4.78, 5) is 36.9. The lowest BCUT2D eigenvalue weighted by atomic mass is 9.78. The van der Waals surface area contributed by atoms with Crippen molar-refractivity contribution < 1.29 is 24.2 Å². The van der Waals surface area contributed by atoms with Gasteiger partial charge in [0.1, 0.15) is 6.04 Å². The lowest BCUT2D eigenvalue weighted by Crippen LogP contribution is -2.55. The third-order valence-corrected chi connectivity index (χ3v) is 4.89. The van der Waals surface area contributed by atoms with Crippen LogP contribution < -0.4 is 5.32 Å². The molecule has 1 aliphatic rings. The van der Waals surface area contributed by atoms with Gasteiger partial charge in [-0.15, -0.1) is 0 Å². The van der Waals surface area contributed by atoms with E-state index in [1.807, 2.05) is 20.8 Å². The topological polar surface area (TPSA) is 95.9 Å². The predicted molar refractivity (Wildman–Crippen MR) is 95.9 cm³/mol. The van der Waals surface area contributed by atoms with Crippen LogP contribution in [0, 0.1) is 5.41 Å². The van der Waals surface area contributed by atoms with Crippen LogP contribution in [0.25, 0.3) is 0 Å². The number of nitrogens with one attached hydrogen (secondary N) is 1. The van der Waals surface area contributed by atoms with E-state index in [2.05, 4.69) is 10.1 Å². The maximum Gasteiger partial charge on any atom is 0.407 e. The first-order chi connectivity index (χ1) is 12.1. The van der Waals surface area contributed by atoms with Gasteiger partial charge in [-0.2, -0.15) is 0 Å². The lowest BCUT2D eigenvalue weighted by Gasteiger charge is -2.41. The second-order valence-corrected chi connectivity index (χ2v) is 7.45. The van der Waals surface area contributed by atoms with Crippen LogP contribution in [0.15, 0.2) is 24.3 Å². The molecule has 142 valence electrons. The zero-order valence-electron chi connectivity index (χ0n) is 15.6. The molecule has 7 nitrogen and oxygen atoms in total. The summed E-state index contributed by atoms with van der Waals surface area (Å²) in [5.41, 5.74) is 1.17. The van der Waals surface area contributed by atoms with Crippen molar-refractivity contribution in [2.24, 2.45) is 5.41 Å². The number of ether oxygens (including phenoxy) is 1. The Morgan fingerprint density at radius 2 is 1.88 bits per heavy atom. The Morgan fingerprint density at radius 1 is 1.27 bits per heavy atom. The molecule has 2 amide bonds. The zero-order chi connectivity index (χ0) is 19.5. The Kier molecular flexibility index (Phi) is 5.90. The molecular weight excluding hydrogens is 336 g/mol. The van der Waals surface area contributed by atoms with Gasteiger partial charge in [0, 0.05) is 6.54 Å². The van der Waals surface area contributed by atoms with Crippen molar-refractivity contribution in [3.05, 3.63) is 35.4 Å². The van der Waals surface area contributed by atoms with E-state index in [0.29, 0.717) is 18.5 Å². The van der Waals surface area contributed by atoms with Crippen LogP contribution >= 0.6 is 0 Å². The van der Waals surface area contributed by atoms with Gasteiger partial charge in [0.05, 0.1) is 18.7 Å². The SMILES string of the molecule is COC(=O)c1ccc([C@H](C)NC(=O)C2CC(C)(C)CCN2C(=O)O)cc1. The molecule has 1 aromatic rings. The summed E-state index contributed by atoms with van der Waals surface area (Å²) >= 11 is 0. The number of methoxy groups -OCH3 is 1. The third kappa shape index (κ3) is 4.53. The molecule has 0 aliphatic carbocycles. The average Bonchev–Trinajstić information content (AvgIpc) is 2.59. The standard InChI is InChI=1S/C19H26N2O5/c1-12(13-5-7-14(8-6-13)17(23)26-4)20-16(22)15-11-19(2,3)9-10-21(15)18(24)25/h5-8,12,15H,9-11H2,1-4H3,(H,20,22)(H,24,25)/t12-,15?/m0/s1. The first kappa shape index (κ1) is 19.8. The van der Waals surface area contributed by atoms with E-state index in [1.54, 1.807) is 24.3 Å². The molecule has 2 N–H and O–H groups in total. The molecule has 7 heteroatoms. The molecule has 2 rings (SSSR count). The van der Waals surface area contributed by atoms with E-state index < -0.39 is 18.1 Å².